The molecule has 4 nitrogen and oxygen atoms in total. The van der Waals surface area contributed by atoms with E-state index >= 15 is 0 Å². The monoisotopic (exact) mass is 263 g/mol. The summed E-state index contributed by atoms with van der Waals surface area (Å²) in [6.45, 7) is 8.25. The van der Waals surface area contributed by atoms with Gasteiger partial charge in [0.05, 0.1) is 6.61 Å². The number of hydrogen-bond acceptors (Lipinski definition) is 4. The van der Waals surface area contributed by atoms with Crippen molar-refractivity contribution in [1.29, 1.82) is 0 Å². The number of rotatable bonds is 6. The normalized spacial score (nSPS) is 17.6. The zero-order chi connectivity index (χ0) is 13.5. The van der Waals surface area contributed by atoms with Gasteiger partial charge in [-0.05, 0) is 31.2 Å². The summed E-state index contributed by atoms with van der Waals surface area (Å²) in [5.41, 5.74) is 4.78. The van der Waals surface area contributed by atoms with Crippen LogP contribution in [0.15, 0.2) is 24.3 Å². The Balaban J connectivity index is 1.73. The van der Waals surface area contributed by atoms with Crippen molar-refractivity contribution in [3.8, 4) is 5.75 Å². The van der Waals surface area contributed by atoms with Crippen LogP contribution in [0.4, 0.5) is 0 Å². The quantitative estimate of drug-likeness (QED) is 0.846. The van der Waals surface area contributed by atoms with Crippen LogP contribution in [0, 0.1) is 0 Å². The number of ether oxygens (including phenoxy) is 1. The van der Waals surface area contributed by atoms with Crippen molar-refractivity contribution in [1.82, 2.24) is 15.3 Å². The SMILES string of the molecule is CCCOc1ccc(CNN2CCN(C)CC2)cc1. The molecule has 0 aromatic heterocycles. The summed E-state index contributed by atoms with van der Waals surface area (Å²) in [5.74, 6) is 0.963. The highest BCUT2D eigenvalue weighted by Gasteiger charge is 2.12. The van der Waals surface area contributed by atoms with Crippen LogP contribution in [0.25, 0.3) is 0 Å². The van der Waals surface area contributed by atoms with Gasteiger partial charge in [-0.15, -0.1) is 0 Å². The third-order valence-electron chi connectivity index (χ3n) is 3.41. The van der Waals surface area contributed by atoms with Crippen LogP contribution in [0.2, 0.25) is 0 Å². The Kier molecular flexibility index (Phi) is 5.63. The lowest BCUT2D eigenvalue weighted by Crippen LogP contribution is -2.50. The molecule has 2 rings (SSSR count). The van der Waals surface area contributed by atoms with Crippen LogP contribution in [0.3, 0.4) is 0 Å². The molecule has 106 valence electrons. The van der Waals surface area contributed by atoms with E-state index in [-0.39, 0.29) is 0 Å². The van der Waals surface area contributed by atoms with Gasteiger partial charge in [0.15, 0.2) is 0 Å². The van der Waals surface area contributed by atoms with E-state index < -0.39 is 0 Å². The van der Waals surface area contributed by atoms with Crippen molar-refractivity contribution in [2.24, 2.45) is 0 Å². The standard InChI is InChI=1S/C15H25N3O/c1-3-12-19-15-6-4-14(5-7-15)13-16-18-10-8-17(2)9-11-18/h4-7,16H,3,8-13H2,1-2H3. The first-order valence-corrected chi connectivity index (χ1v) is 7.16. The first-order chi connectivity index (χ1) is 9.28. The molecule has 0 radical (unpaired) electrons. The number of nitrogens with zero attached hydrogens (tertiary/aromatic N) is 2. The molecule has 0 atom stereocenters. The van der Waals surface area contributed by atoms with Crippen LogP contribution >= 0.6 is 0 Å². The molecule has 1 aromatic carbocycles. The number of hydrazine groups is 1. The van der Waals surface area contributed by atoms with E-state index in [9.17, 15) is 0 Å². The molecule has 1 fully saturated rings. The highest BCUT2D eigenvalue weighted by molar-refractivity contribution is 5.27. The van der Waals surface area contributed by atoms with Crippen LogP contribution in [0.5, 0.6) is 5.75 Å². The molecule has 1 aromatic rings. The molecule has 0 unspecified atom stereocenters. The fourth-order valence-electron chi connectivity index (χ4n) is 2.09. The molecule has 1 heterocycles. The molecule has 1 aliphatic heterocycles. The van der Waals surface area contributed by atoms with Crippen molar-refractivity contribution in [2.45, 2.75) is 19.9 Å². The molecule has 0 amide bonds. The minimum atomic E-state index is 0.791. The molecule has 0 aliphatic carbocycles. The first-order valence-electron chi connectivity index (χ1n) is 7.16. The van der Waals surface area contributed by atoms with E-state index in [1.165, 1.54) is 5.56 Å². The lowest BCUT2D eigenvalue weighted by Gasteiger charge is -2.32. The van der Waals surface area contributed by atoms with Crippen molar-refractivity contribution >= 4 is 0 Å². The van der Waals surface area contributed by atoms with Crippen molar-refractivity contribution in [3.63, 3.8) is 0 Å². The Bertz CT molecular complexity index is 358. The number of hydrogen-bond donors (Lipinski definition) is 1. The van der Waals surface area contributed by atoms with Gasteiger partial charge >= 0.3 is 0 Å². The second kappa shape index (κ2) is 7.48. The molecule has 19 heavy (non-hydrogen) atoms. The third kappa shape index (κ3) is 4.82. The van der Waals surface area contributed by atoms with Crippen molar-refractivity contribution in [2.75, 3.05) is 39.8 Å². The van der Waals surface area contributed by atoms with Gasteiger partial charge in [0.1, 0.15) is 5.75 Å². The average molecular weight is 263 g/mol. The van der Waals surface area contributed by atoms with Crippen molar-refractivity contribution in [3.05, 3.63) is 29.8 Å². The van der Waals surface area contributed by atoms with Gasteiger partial charge in [-0.3, -0.25) is 5.43 Å². The summed E-state index contributed by atoms with van der Waals surface area (Å²) < 4.78 is 5.58. The predicted molar refractivity (Wildman–Crippen MR) is 78.1 cm³/mol. The molecule has 1 saturated heterocycles. The Labute approximate surface area is 116 Å². The van der Waals surface area contributed by atoms with Gasteiger partial charge in [-0.1, -0.05) is 19.1 Å². The third-order valence-corrected chi connectivity index (χ3v) is 3.41. The first kappa shape index (κ1) is 14.3. The van der Waals surface area contributed by atoms with Crippen LogP contribution in [-0.2, 0) is 6.54 Å². The highest BCUT2D eigenvalue weighted by Crippen LogP contribution is 2.12. The molecular weight excluding hydrogens is 238 g/mol. The summed E-state index contributed by atoms with van der Waals surface area (Å²) in [7, 11) is 2.17. The fraction of sp³-hybridized carbons (Fsp3) is 0.600. The van der Waals surface area contributed by atoms with Gasteiger partial charge in [0.2, 0.25) is 0 Å². The summed E-state index contributed by atoms with van der Waals surface area (Å²) >= 11 is 0. The van der Waals surface area contributed by atoms with E-state index in [0.29, 0.717) is 0 Å². The van der Waals surface area contributed by atoms with E-state index in [0.717, 1.165) is 51.5 Å². The zero-order valence-corrected chi connectivity index (χ0v) is 12.1. The van der Waals surface area contributed by atoms with Crippen LogP contribution in [0.1, 0.15) is 18.9 Å². The predicted octanol–water partition coefficient (Wildman–Crippen LogP) is 1.73. The molecule has 1 aliphatic rings. The Morgan fingerprint density at radius 1 is 1.11 bits per heavy atom. The van der Waals surface area contributed by atoms with Crippen LogP contribution in [-0.4, -0.2) is 49.7 Å². The summed E-state index contributed by atoms with van der Waals surface area (Å²) in [6, 6.07) is 8.37. The van der Waals surface area contributed by atoms with Gasteiger partial charge in [-0.2, -0.15) is 0 Å². The van der Waals surface area contributed by atoms with Crippen LogP contribution < -0.4 is 10.2 Å². The summed E-state index contributed by atoms with van der Waals surface area (Å²) in [5, 5.41) is 2.31. The average Bonchev–Trinajstić information content (AvgIpc) is 2.46. The minimum absolute atomic E-state index is 0.791. The number of nitrogens with one attached hydrogen (secondary N) is 1. The molecule has 1 N–H and O–H groups in total. The second-order valence-electron chi connectivity index (χ2n) is 5.12. The smallest absolute Gasteiger partial charge is 0.119 e. The maximum absolute atomic E-state index is 5.58. The molecular formula is C15H25N3O. The lowest BCUT2D eigenvalue weighted by atomic mass is 10.2. The largest absolute Gasteiger partial charge is 0.494 e. The maximum Gasteiger partial charge on any atom is 0.119 e. The number of piperazine rings is 1. The molecule has 0 saturated carbocycles. The number of likely N-dealkylation sites (N-methyl/N-ethyl adjacent to an activating group) is 1. The van der Waals surface area contributed by atoms with Crippen molar-refractivity contribution < 1.29 is 4.74 Å². The van der Waals surface area contributed by atoms with Gasteiger partial charge in [0, 0.05) is 32.7 Å². The number of benzene rings is 1. The van der Waals surface area contributed by atoms with Gasteiger partial charge < -0.3 is 9.64 Å². The van der Waals surface area contributed by atoms with E-state index in [2.05, 4.69) is 53.6 Å². The minimum Gasteiger partial charge on any atom is -0.494 e. The second-order valence-corrected chi connectivity index (χ2v) is 5.12. The summed E-state index contributed by atoms with van der Waals surface area (Å²) in [6.07, 6.45) is 1.05. The summed E-state index contributed by atoms with van der Waals surface area (Å²) in [4.78, 5) is 2.36. The van der Waals surface area contributed by atoms with E-state index in [4.69, 9.17) is 4.74 Å². The highest BCUT2D eigenvalue weighted by atomic mass is 16.5. The Morgan fingerprint density at radius 3 is 2.42 bits per heavy atom. The Morgan fingerprint density at radius 2 is 1.79 bits per heavy atom. The van der Waals surface area contributed by atoms with Gasteiger partial charge in [-0.25, -0.2) is 5.01 Å². The Hall–Kier alpha value is -1.10. The topological polar surface area (TPSA) is 27.7 Å². The fourth-order valence-corrected chi connectivity index (χ4v) is 2.09. The van der Waals surface area contributed by atoms with E-state index in [1.54, 1.807) is 0 Å². The maximum atomic E-state index is 5.58. The van der Waals surface area contributed by atoms with Gasteiger partial charge in [0.25, 0.3) is 0 Å². The molecule has 4 heteroatoms. The molecule has 0 spiro atoms. The van der Waals surface area contributed by atoms with E-state index in [1.807, 2.05) is 0 Å². The zero-order valence-electron chi connectivity index (χ0n) is 12.1. The lowest BCUT2D eigenvalue weighted by molar-refractivity contribution is 0.102. The molecule has 0 bridgehead atoms.